The number of aromatic nitrogens is 2. The number of halogens is 1. The van der Waals surface area contributed by atoms with Gasteiger partial charge >= 0.3 is 5.97 Å². The molecule has 2 amide bonds. The summed E-state index contributed by atoms with van der Waals surface area (Å²) < 4.78 is 18.3. The van der Waals surface area contributed by atoms with Gasteiger partial charge in [0, 0.05) is 5.56 Å². The number of aromatic hydroxyl groups is 2. The van der Waals surface area contributed by atoms with Gasteiger partial charge in [-0.1, -0.05) is 32.0 Å². The summed E-state index contributed by atoms with van der Waals surface area (Å²) in [6, 6.07) is 7.66. The van der Waals surface area contributed by atoms with Crippen molar-refractivity contribution in [3.8, 4) is 11.8 Å². The van der Waals surface area contributed by atoms with E-state index in [1.54, 1.807) is 26.0 Å². The van der Waals surface area contributed by atoms with Crippen LogP contribution in [0.25, 0.3) is 0 Å². The third kappa shape index (κ3) is 6.78. The molecule has 0 saturated carbocycles. The minimum atomic E-state index is -1.08. The number of ether oxygens (including phenoxy) is 1. The van der Waals surface area contributed by atoms with Gasteiger partial charge in [-0.15, -0.1) is 0 Å². The highest BCUT2D eigenvalue weighted by Gasteiger charge is 2.32. The third-order valence-corrected chi connectivity index (χ3v) is 6.07. The lowest BCUT2D eigenvalue weighted by molar-refractivity contribution is -0.122. The largest absolute Gasteiger partial charge is 0.494 e. The van der Waals surface area contributed by atoms with Gasteiger partial charge < -0.3 is 25.6 Å². The second-order valence-electron chi connectivity index (χ2n) is 9.17. The third-order valence-electron chi connectivity index (χ3n) is 6.07. The average Bonchev–Trinajstić information content (AvgIpc) is 3.16. The number of Topliss-reactive ketones (excluding diaryl/α,β-unsaturated/α-hetero) is 1. The summed E-state index contributed by atoms with van der Waals surface area (Å²) in [5.41, 5.74) is 0.295. The minimum absolute atomic E-state index is 0.129. The molecule has 11 nitrogen and oxygen atoms in total. The lowest BCUT2D eigenvalue weighted by Gasteiger charge is -2.24. The van der Waals surface area contributed by atoms with E-state index in [0.29, 0.717) is 5.56 Å². The quantitative estimate of drug-likeness (QED) is 0.148. The Morgan fingerprint density at radius 1 is 1.05 bits per heavy atom. The first-order chi connectivity index (χ1) is 18.4. The molecule has 0 bridgehead atoms. The number of ketones is 1. The van der Waals surface area contributed by atoms with E-state index in [2.05, 4.69) is 20.6 Å². The topological polar surface area (TPSA) is 171 Å². The highest BCUT2D eigenvalue weighted by molar-refractivity contribution is 6.05. The molecule has 206 valence electrons. The number of aromatic amines is 1. The van der Waals surface area contributed by atoms with Crippen molar-refractivity contribution in [1.82, 2.24) is 20.6 Å². The van der Waals surface area contributed by atoms with Gasteiger partial charge in [0.15, 0.2) is 11.7 Å². The number of rotatable bonds is 10. The van der Waals surface area contributed by atoms with Crippen molar-refractivity contribution >= 4 is 23.6 Å². The van der Waals surface area contributed by atoms with Crippen LogP contribution in [0.1, 0.15) is 68.6 Å². The number of esters is 1. The predicted molar refractivity (Wildman–Crippen MR) is 137 cm³/mol. The smallest absolute Gasteiger partial charge is 0.337 e. The Hall–Kier alpha value is -4.74. The standard InChI is InChI=1S/C27H29FN4O7/c1-13(2)22(23(34)21-14(3)24(35)32-26(21)37)31-20(33)12-18(15-7-5-8-16(11-15)27(38)39-4)30-25(36)17-9-6-10-19(28)29-17/h5-11,13,18,22,32,35,37H,12H2,1-4H3,(H,30,36)(H,31,33)/t18?,22-/m0/s1. The summed E-state index contributed by atoms with van der Waals surface area (Å²) in [6.45, 7) is 4.82. The molecule has 2 aromatic heterocycles. The van der Waals surface area contributed by atoms with Crippen molar-refractivity contribution < 1.29 is 38.5 Å². The average molecular weight is 541 g/mol. The van der Waals surface area contributed by atoms with Crippen molar-refractivity contribution in [2.24, 2.45) is 5.92 Å². The monoisotopic (exact) mass is 540 g/mol. The van der Waals surface area contributed by atoms with E-state index in [1.165, 1.54) is 38.3 Å². The number of pyridine rings is 1. The Labute approximate surface area is 223 Å². The Morgan fingerprint density at radius 2 is 1.74 bits per heavy atom. The maximum absolute atomic E-state index is 13.6. The van der Waals surface area contributed by atoms with Gasteiger partial charge in [-0.25, -0.2) is 9.78 Å². The fourth-order valence-corrected chi connectivity index (χ4v) is 3.99. The number of carbonyl (C=O) groups is 4. The van der Waals surface area contributed by atoms with Gasteiger partial charge in [-0.2, -0.15) is 4.39 Å². The number of hydrogen-bond donors (Lipinski definition) is 5. The fourth-order valence-electron chi connectivity index (χ4n) is 3.99. The lowest BCUT2D eigenvalue weighted by Crippen LogP contribution is -2.45. The molecule has 0 spiro atoms. The van der Waals surface area contributed by atoms with Gasteiger partial charge in [0.05, 0.1) is 36.7 Å². The van der Waals surface area contributed by atoms with Crippen LogP contribution in [0, 0.1) is 18.8 Å². The number of H-pyrrole nitrogens is 1. The zero-order chi connectivity index (χ0) is 28.9. The molecule has 2 heterocycles. The molecule has 0 radical (unpaired) electrons. The predicted octanol–water partition coefficient (Wildman–Crippen LogP) is 2.94. The highest BCUT2D eigenvalue weighted by atomic mass is 19.1. The van der Waals surface area contributed by atoms with Crippen LogP contribution in [-0.4, -0.2) is 56.9 Å². The lowest BCUT2D eigenvalue weighted by atomic mass is 9.93. The molecule has 1 unspecified atom stereocenters. The maximum atomic E-state index is 13.6. The number of benzene rings is 1. The Bertz CT molecular complexity index is 1400. The molecule has 5 N–H and O–H groups in total. The first kappa shape index (κ1) is 28.8. The van der Waals surface area contributed by atoms with E-state index in [0.717, 1.165) is 6.07 Å². The Kier molecular flexibility index (Phi) is 9.02. The summed E-state index contributed by atoms with van der Waals surface area (Å²) in [6.07, 6.45) is -0.370. The summed E-state index contributed by atoms with van der Waals surface area (Å²) >= 11 is 0. The number of nitrogens with zero attached hydrogens (tertiary/aromatic N) is 1. The second kappa shape index (κ2) is 12.2. The Morgan fingerprint density at radius 3 is 2.33 bits per heavy atom. The van der Waals surface area contributed by atoms with Crippen molar-refractivity contribution in [3.05, 3.63) is 76.4 Å². The van der Waals surface area contributed by atoms with Crippen LogP contribution < -0.4 is 10.6 Å². The number of amides is 2. The van der Waals surface area contributed by atoms with Gasteiger partial charge in [0.1, 0.15) is 5.69 Å². The first-order valence-electron chi connectivity index (χ1n) is 12.0. The van der Waals surface area contributed by atoms with E-state index in [4.69, 9.17) is 4.74 Å². The number of hydrogen-bond acceptors (Lipinski definition) is 8. The summed E-state index contributed by atoms with van der Waals surface area (Å²) in [5.74, 6) is -4.83. The van der Waals surface area contributed by atoms with Crippen LogP contribution in [0.3, 0.4) is 0 Å². The SMILES string of the molecule is COC(=O)c1cccc(C(CC(=O)N[C@H](C(=O)c2c(O)[nH]c(O)c2C)C(C)C)NC(=O)c2cccc(F)n2)c1. The van der Waals surface area contributed by atoms with Crippen molar-refractivity contribution in [3.63, 3.8) is 0 Å². The molecule has 0 aliphatic heterocycles. The van der Waals surface area contributed by atoms with E-state index in [1.807, 2.05) is 0 Å². The summed E-state index contributed by atoms with van der Waals surface area (Å²) in [4.78, 5) is 57.2. The van der Waals surface area contributed by atoms with Crippen LogP contribution in [0.4, 0.5) is 4.39 Å². The molecular weight excluding hydrogens is 511 g/mol. The fraction of sp³-hybridized carbons (Fsp3) is 0.296. The zero-order valence-corrected chi connectivity index (χ0v) is 21.7. The van der Waals surface area contributed by atoms with Crippen molar-refractivity contribution in [2.45, 2.75) is 39.3 Å². The number of methoxy groups -OCH3 is 1. The normalized spacial score (nSPS) is 12.5. The molecular formula is C27H29FN4O7. The first-order valence-corrected chi connectivity index (χ1v) is 12.0. The van der Waals surface area contributed by atoms with Crippen LogP contribution in [0.15, 0.2) is 42.5 Å². The molecule has 0 saturated heterocycles. The van der Waals surface area contributed by atoms with Crippen molar-refractivity contribution in [1.29, 1.82) is 0 Å². The van der Waals surface area contributed by atoms with Crippen LogP contribution >= 0.6 is 0 Å². The van der Waals surface area contributed by atoms with Gasteiger partial charge in [-0.05, 0) is 42.7 Å². The van der Waals surface area contributed by atoms with Crippen LogP contribution in [0.2, 0.25) is 0 Å². The van der Waals surface area contributed by atoms with Gasteiger partial charge in [-0.3, -0.25) is 19.4 Å². The van der Waals surface area contributed by atoms with E-state index < -0.39 is 53.4 Å². The molecule has 3 aromatic rings. The Balaban J connectivity index is 1.89. The van der Waals surface area contributed by atoms with Crippen LogP contribution in [0.5, 0.6) is 11.8 Å². The van der Waals surface area contributed by atoms with Gasteiger partial charge in [0.2, 0.25) is 17.7 Å². The summed E-state index contributed by atoms with van der Waals surface area (Å²) in [7, 11) is 1.21. The molecule has 12 heteroatoms. The van der Waals surface area contributed by atoms with Gasteiger partial charge in [0.25, 0.3) is 5.91 Å². The highest BCUT2D eigenvalue weighted by Crippen LogP contribution is 2.30. The molecule has 0 aliphatic carbocycles. The van der Waals surface area contributed by atoms with Crippen molar-refractivity contribution in [2.75, 3.05) is 7.11 Å². The molecule has 0 fully saturated rings. The molecule has 1 aromatic carbocycles. The van der Waals surface area contributed by atoms with Crippen LogP contribution in [-0.2, 0) is 9.53 Å². The molecule has 0 aliphatic rings. The maximum Gasteiger partial charge on any atom is 0.337 e. The molecule has 3 rings (SSSR count). The number of carbonyl (C=O) groups excluding carboxylic acids is 4. The number of nitrogens with one attached hydrogen (secondary N) is 3. The van der Waals surface area contributed by atoms with E-state index in [9.17, 15) is 33.8 Å². The minimum Gasteiger partial charge on any atom is -0.494 e. The molecule has 2 atom stereocenters. The summed E-state index contributed by atoms with van der Waals surface area (Å²) in [5, 5.41) is 25.2. The van der Waals surface area contributed by atoms with E-state index in [-0.39, 0.29) is 34.7 Å². The zero-order valence-electron chi connectivity index (χ0n) is 21.7. The van der Waals surface area contributed by atoms with E-state index >= 15 is 0 Å². The second-order valence-corrected chi connectivity index (χ2v) is 9.17. The molecule has 39 heavy (non-hydrogen) atoms.